The van der Waals surface area contributed by atoms with E-state index in [2.05, 4.69) is 32.9 Å². The maximum atomic E-state index is 5.85. The van der Waals surface area contributed by atoms with Crippen molar-refractivity contribution in [2.24, 2.45) is 11.7 Å². The van der Waals surface area contributed by atoms with Gasteiger partial charge in [0, 0.05) is 6.04 Å². The van der Waals surface area contributed by atoms with Crippen LogP contribution in [0.3, 0.4) is 0 Å². The number of aryl methyl sites for hydroxylation is 1. The van der Waals surface area contributed by atoms with Crippen LogP contribution in [0.1, 0.15) is 50.8 Å². The Morgan fingerprint density at radius 3 is 2.47 bits per heavy atom. The molecular formula is C15H25NO. The van der Waals surface area contributed by atoms with Gasteiger partial charge in [-0.2, -0.15) is 0 Å². The lowest BCUT2D eigenvalue weighted by Crippen LogP contribution is -2.06. The van der Waals surface area contributed by atoms with Gasteiger partial charge >= 0.3 is 0 Å². The summed E-state index contributed by atoms with van der Waals surface area (Å²) in [6.07, 6.45) is 2.34. The summed E-state index contributed by atoms with van der Waals surface area (Å²) in [5.74, 6) is 1.73. The van der Waals surface area contributed by atoms with Crippen molar-refractivity contribution in [3.8, 4) is 5.75 Å². The molecule has 17 heavy (non-hydrogen) atoms. The Morgan fingerprint density at radius 2 is 1.94 bits per heavy atom. The quantitative estimate of drug-likeness (QED) is 0.760. The second-order valence-corrected chi connectivity index (χ2v) is 5.20. The molecule has 1 unspecified atom stereocenters. The molecule has 1 rings (SSSR count). The van der Waals surface area contributed by atoms with Crippen LogP contribution in [0.4, 0.5) is 0 Å². The van der Waals surface area contributed by atoms with Crippen LogP contribution in [0.2, 0.25) is 0 Å². The molecule has 1 aromatic rings. The van der Waals surface area contributed by atoms with Gasteiger partial charge in [0.2, 0.25) is 0 Å². The molecule has 2 heteroatoms. The predicted octanol–water partition coefficient (Wildman–Crippen LogP) is 3.83. The minimum atomic E-state index is 0.0868. The number of rotatable bonds is 6. The van der Waals surface area contributed by atoms with Crippen molar-refractivity contribution in [3.63, 3.8) is 0 Å². The molecule has 0 amide bonds. The average molecular weight is 235 g/mol. The van der Waals surface area contributed by atoms with Gasteiger partial charge in [0.05, 0.1) is 6.61 Å². The van der Waals surface area contributed by atoms with Crippen LogP contribution in [-0.2, 0) is 0 Å². The summed E-state index contributed by atoms with van der Waals surface area (Å²) in [4.78, 5) is 0. The highest BCUT2D eigenvalue weighted by atomic mass is 16.5. The zero-order valence-corrected chi connectivity index (χ0v) is 11.5. The van der Waals surface area contributed by atoms with E-state index in [1.807, 2.05) is 13.0 Å². The van der Waals surface area contributed by atoms with E-state index < -0.39 is 0 Å². The number of hydrogen-bond donors (Lipinski definition) is 1. The van der Waals surface area contributed by atoms with E-state index in [9.17, 15) is 0 Å². The predicted molar refractivity (Wildman–Crippen MR) is 73.3 cm³/mol. The van der Waals surface area contributed by atoms with E-state index in [1.54, 1.807) is 0 Å². The van der Waals surface area contributed by atoms with Gasteiger partial charge in [-0.05, 0) is 49.8 Å². The van der Waals surface area contributed by atoms with Gasteiger partial charge < -0.3 is 10.5 Å². The Balaban J connectivity index is 2.49. The summed E-state index contributed by atoms with van der Waals surface area (Å²) in [6.45, 7) is 9.35. The van der Waals surface area contributed by atoms with Crippen molar-refractivity contribution in [1.82, 2.24) is 0 Å². The molecule has 0 radical (unpaired) electrons. The number of nitrogens with two attached hydrogens (primary N) is 1. The van der Waals surface area contributed by atoms with Crippen LogP contribution in [0.25, 0.3) is 0 Å². The highest BCUT2D eigenvalue weighted by Crippen LogP contribution is 2.22. The maximum Gasteiger partial charge on any atom is 0.122 e. The fraction of sp³-hybridized carbons (Fsp3) is 0.600. The lowest BCUT2D eigenvalue weighted by atomic mass is 10.1. The molecule has 0 fully saturated rings. The Hall–Kier alpha value is -1.02. The topological polar surface area (TPSA) is 35.2 Å². The van der Waals surface area contributed by atoms with Gasteiger partial charge in [0.1, 0.15) is 5.75 Å². The Morgan fingerprint density at radius 1 is 1.24 bits per heavy atom. The molecule has 1 aromatic carbocycles. The van der Waals surface area contributed by atoms with Crippen molar-refractivity contribution in [1.29, 1.82) is 0 Å². The minimum absolute atomic E-state index is 0.0868. The fourth-order valence-electron chi connectivity index (χ4n) is 1.79. The lowest BCUT2D eigenvalue weighted by Gasteiger charge is -2.12. The first-order valence-electron chi connectivity index (χ1n) is 6.49. The highest BCUT2D eigenvalue weighted by molar-refractivity contribution is 5.37. The first kappa shape index (κ1) is 14.0. The van der Waals surface area contributed by atoms with Crippen molar-refractivity contribution < 1.29 is 4.74 Å². The molecule has 0 aliphatic rings. The molecule has 0 aliphatic heterocycles. The van der Waals surface area contributed by atoms with E-state index in [-0.39, 0.29) is 6.04 Å². The van der Waals surface area contributed by atoms with Gasteiger partial charge in [0.25, 0.3) is 0 Å². The molecule has 2 N–H and O–H groups in total. The van der Waals surface area contributed by atoms with Gasteiger partial charge in [0.15, 0.2) is 0 Å². The third kappa shape index (κ3) is 4.78. The normalized spacial score (nSPS) is 12.8. The van der Waals surface area contributed by atoms with Crippen molar-refractivity contribution in [2.75, 3.05) is 6.61 Å². The van der Waals surface area contributed by atoms with E-state index >= 15 is 0 Å². The molecule has 96 valence electrons. The largest absolute Gasteiger partial charge is 0.493 e. The average Bonchev–Trinajstić information content (AvgIpc) is 2.25. The smallest absolute Gasteiger partial charge is 0.122 e. The van der Waals surface area contributed by atoms with Crippen molar-refractivity contribution >= 4 is 0 Å². The number of benzene rings is 1. The number of hydrogen-bond acceptors (Lipinski definition) is 2. The Kier molecular flexibility index (Phi) is 5.49. The molecule has 2 nitrogen and oxygen atoms in total. The third-order valence-electron chi connectivity index (χ3n) is 2.91. The van der Waals surface area contributed by atoms with Crippen molar-refractivity contribution in [3.05, 3.63) is 29.3 Å². The van der Waals surface area contributed by atoms with E-state index in [4.69, 9.17) is 10.5 Å². The molecule has 0 saturated carbocycles. The monoisotopic (exact) mass is 235 g/mol. The fourth-order valence-corrected chi connectivity index (χ4v) is 1.79. The summed E-state index contributed by atoms with van der Waals surface area (Å²) in [5, 5.41) is 0. The summed E-state index contributed by atoms with van der Waals surface area (Å²) in [5.41, 5.74) is 8.18. The van der Waals surface area contributed by atoms with E-state index in [0.29, 0.717) is 0 Å². The zero-order chi connectivity index (χ0) is 12.8. The van der Waals surface area contributed by atoms with Crippen LogP contribution in [-0.4, -0.2) is 6.61 Å². The molecule has 0 aliphatic carbocycles. The summed E-state index contributed by atoms with van der Waals surface area (Å²) in [6, 6.07) is 6.28. The van der Waals surface area contributed by atoms with E-state index in [0.717, 1.165) is 30.3 Å². The molecular weight excluding hydrogens is 210 g/mol. The highest BCUT2D eigenvalue weighted by Gasteiger charge is 2.04. The molecule has 0 spiro atoms. The SMILES string of the molecule is Cc1cc(C(C)N)ccc1OCCCC(C)C. The lowest BCUT2D eigenvalue weighted by molar-refractivity contribution is 0.296. The summed E-state index contributed by atoms with van der Waals surface area (Å²) >= 11 is 0. The molecule has 0 heterocycles. The maximum absolute atomic E-state index is 5.85. The molecule has 0 aromatic heterocycles. The van der Waals surface area contributed by atoms with Crippen molar-refractivity contribution in [2.45, 2.75) is 46.6 Å². The summed E-state index contributed by atoms with van der Waals surface area (Å²) in [7, 11) is 0. The molecule has 0 saturated heterocycles. The Bertz CT molecular complexity index is 345. The van der Waals surface area contributed by atoms with Crippen LogP contribution in [0, 0.1) is 12.8 Å². The first-order valence-corrected chi connectivity index (χ1v) is 6.49. The van der Waals surface area contributed by atoms with E-state index in [1.165, 1.54) is 12.0 Å². The van der Waals surface area contributed by atoms with Gasteiger partial charge in [-0.15, -0.1) is 0 Å². The van der Waals surface area contributed by atoms with Crippen LogP contribution in [0.5, 0.6) is 5.75 Å². The standard InChI is InChI=1S/C15H25NO/c1-11(2)6-5-9-17-15-8-7-14(13(4)16)10-12(15)3/h7-8,10-11,13H,5-6,9,16H2,1-4H3. The molecule has 1 atom stereocenters. The summed E-state index contributed by atoms with van der Waals surface area (Å²) < 4.78 is 5.78. The second kappa shape index (κ2) is 6.65. The minimum Gasteiger partial charge on any atom is -0.493 e. The molecule has 0 bridgehead atoms. The second-order valence-electron chi connectivity index (χ2n) is 5.20. The zero-order valence-electron chi connectivity index (χ0n) is 11.5. The first-order chi connectivity index (χ1) is 8.00. The van der Waals surface area contributed by atoms with Gasteiger partial charge in [-0.25, -0.2) is 0 Å². The van der Waals surface area contributed by atoms with Crippen LogP contribution in [0.15, 0.2) is 18.2 Å². The van der Waals surface area contributed by atoms with Gasteiger partial charge in [-0.1, -0.05) is 26.0 Å². The third-order valence-corrected chi connectivity index (χ3v) is 2.91. The Labute approximate surface area is 105 Å². The number of ether oxygens (including phenoxy) is 1. The van der Waals surface area contributed by atoms with Crippen LogP contribution >= 0.6 is 0 Å². The van der Waals surface area contributed by atoms with Gasteiger partial charge in [-0.3, -0.25) is 0 Å². The van der Waals surface area contributed by atoms with Crippen LogP contribution < -0.4 is 10.5 Å².